The number of aryl methyl sites for hydroxylation is 1. The van der Waals surface area contributed by atoms with E-state index in [4.69, 9.17) is 0 Å². The highest BCUT2D eigenvalue weighted by molar-refractivity contribution is 7.16. The first-order valence-electron chi connectivity index (χ1n) is 17.5. The Morgan fingerprint density at radius 2 is 1.02 bits per heavy atom. The summed E-state index contributed by atoms with van der Waals surface area (Å²) in [6, 6.07) is 48.3. The summed E-state index contributed by atoms with van der Waals surface area (Å²) in [5, 5.41) is 15.1. The topological polar surface area (TPSA) is 0 Å². The van der Waals surface area contributed by atoms with Crippen LogP contribution in [-0.4, -0.2) is 0 Å². The molecule has 0 nitrogen and oxygen atoms in total. The molecule has 49 heavy (non-hydrogen) atoms. The van der Waals surface area contributed by atoms with Crippen molar-refractivity contribution in [3.05, 3.63) is 161 Å². The maximum Gasteiger partial charge on any atom is 0.0349 e. The molecule has 0 saturated heterocycles. The Kier molecular flexibility index (Phi) is 5.88. The second-order valence-corrected chi connectivity index (χ2v) is 14.9. The number of hydrogen-bond acceptors (Lipinski definition) is 1. The molecule has 230 valence electrons. The van der Waals surface area contributed by atoms with Gasteiger partial charge >= 0.3 is 0 Å². The summed E-state index contributed by atoms with van der Waals surface area (Å²) in [5.74, 6) is 0. The van der Waals surface area contributed by atoms with E-state index in [2.05, 4.69) is 146 Å². The fraction of sp³-hybridized carbons (Fsp3) is 0.0833. The smallest absolute Gasteiger partial charge is 0.0349 e. The van der Waals surface area contributed by atoms with Gasteiger partial charge in [-0.3, -0.25) is 0 Å². The van der Waals surface area contributed by atoms with Gasteiger partial charge in [0.15, 0.2) is 0 Å². The number of allylic oxidation sites excluding steroid dienone is 4. The van der Waals surface area contributed by atoms with E-state index in [1.165, 1.54) is 108 Å². The molecule has 2 aliphatic carbocycles. The molecule has 8 aromatic carbocycles. The summed E-state index contributed by atoms with van der Waals surface area (Å²) in [6.07, 6.45) is 11.5. The van der Waals surface area contributed by atoms with Crippen molar-refractivity contribution < 1.29 is 0 Å². The van der Waals surface area contributed by atoms with Crippen LogP contribution in [0.3, 0.4) is 0 Å². The zero-order valence-electron chi connectivity index (χ0n) is 27.1. The van der Waals surface area contributed by atoms with Crippen molar-refractivity contribution in [1.29, 1.82) is 0 Å². The lowest BCUT2D eigenvalue weighted by molar-refractivity contribution is 1.04. The monoisotopic (exact) mass is 640 g/mol. The van der Waals surface area contributed by atoms with Gasteiger partial charge in [0.25, 0.3) is 0 Å². The number of thiophene rings is 1. The van der Waals surface area contributed by atoms with Crippen LogP contribution in [0.5, 0.6) is 0 Å². The van der Waals surface area contributed by atoms with E-state index in [1.54, 1.807) is 0 Å². The maximum absolute atomic E-state index is 2.41. The second kappa shape index (κ2) is 10.5. The minimum Gasteiger partial charge on any atom is -0.136 e. The van der Waals surface area contributed by atoms with Crippen LogP contribution in [-0.2, 0) is 6.42 Å². The van der Waals surface area contributed by atoms with Crippen molar-refractivity contribution in [3.8, 4) is 21.6 Å². The van der Waals surface area contributed by atoms with Gasteiger partial charge in [-0.1, -0.05) is 133 Å². The van der Waals surface area contributed by atoms with Gasteiger partial charge in [0.05, 0.1) is 0 Å². The third-order valence-electron chi connectivity index (χ3n) is 11.2. The standard InChI is InChI=1S/C48H32S/c1-3-33-15-17-37-19-23-39(41-25-21-35(5-1)45(33)47(37)41)29-7-11-31(12-8-29)43-27-28-44(49-43)32-13-9-30(10-14-32)40-24-20-38-18-16-34-4-2-6-36-22-26-42(40)48(38)46(34)36/h1,3,5-7,9-11,13-28H,2,4,8,12H2. The van der Waals surface area contributed by atoms with Crippen molar-refractivity contribution in [1.82, 2.24) is 0 Å². The van der Waals surface area contributed by atoms with Gasteiger partial charge in [-0.05, 0) is 136 Å². The molecule has 0 fully saturated rings. The van der Waals surface area contributed by atoms with Crippen LogP contribution < -0.4 is 5.22 Å². The van der Waals surface area contributed by atoms with Gasteiger partial charge in [0, 0.05) is 9.75 Å². The Labute approximate surface area is 289 Å². The Bertz CT molecular complexity index is 2900. The van der Waals surface area contributed by atoms with E-state index in [9.17, 15) is 0 Å². The number of rotatable bonds is 4. The average Bonchev–Trinajstić information content (AvgIpc) is 3.67. The highest BCUT2D eigenvalue weighted by Crippen LogP contribution is 2.43. The average molecular weight is 641 g/mol. The quantitative estimate of drug-likeness (QED) is 0.168. The second-order valence-electron chi connectivity index (χ2n) is 13.9. The van der Waals surface area contributed by atoms with E-state index in [1.807, 2.05) is 11.3 Å². The van der Waals surface area contributed by atoms with Gasteiger partial charge in [-0.2, -0.15) is 0 Å². The summed E-state index contributed by atoms with van der Waals surface area (Å²) in [4.78, 5) is 2.70. The van der Waals surface area contributed by atoms with Crippen molar-refractivity contribution in [3.63, 3.8) is 0 Å². The first-order valence-corrected chi connectivity index (χ1v) is 18.3. The Morgan fingerprint density at radius 3 is 1.84 bits per heavy atom. The van der Waals surface area contributed by atoms with Gasteiger partial charge < -0.3 is 0 Å². The molecule has 0 N–H and O–H groups in total. The van der Waals surface area contributed by atoms with Gasteiger partial charge in [-0.15, -0.1) is 11.3 Å². The number of hydrogen-bond donors (Lipinski definition) is 0. The molecule has 0 atom stereocenters. The molecular formula is C48H32S. The Hall–Kier alpha value is -5.50. The molecule has 0 saturated carbocycles. The molecule has 0 amide bonds. The van der Waals surface area contributed by atoms with E-state index in [0.29, 0.717) is 0 Å². The van der Waals surface area contributed by atoms with Crippen molar-refractivity contribution >= 4 is 82.4 Å². The third kappa shape index (κ3) is 4.16. The van der Waals surface area contributed by atoms with Crippen molar-refractivity contribution in [2.24, 2.45) is 0 Å². The predicted molar refractivity (Wildman–Crippen MR) is 214 cm³/mol. The van der Waals surface area contributed by atoms with Gasteiger partial charge in [-0.25, -0.2) is 0 Å². The Morgan fingerprint density at radius 1 is 0.408 bits per heavy atom. The first kappa shape index (κ1) is 27.5. The van der Waals surface area contributed by atoms with Crippen LogP contribution in [0.15, 0.2) is 140 Å². The zero-order valence-corrected chi connectivity index (χ0v) is 27.9. The molecule has 1 heterocycles. The predicted octanol–water partition coefficient (Wildman–Crippen LogP) is 13.0. The summed E-state index contributed by atoms with van der Waals surface area (Å²) < 4.78 is 0. The lowest BCUT2D eigenvalue weighted by atomic mass is 9.86. The minimum absolute atomic E-state index is 1.06. The molecule has 9 aromatic rings. The largest absolute Gasteiger partial charge is 0.136 e. The molecule has 0 radical (unpaired) electrons. The normalized spacial score (nSPS) is 14.6. The lowest BCUT2D eigenvalue weighted by Crippen LogP contribution is -2.10. The molecule has 1 heteroatoms. The van der Waals surface area contributed by atoms with E-state index >= 15 is 0 Å². The molecule has 0 aliphatic heterocycles. The van der Waals surface area contributed by atoms with E-state index in [-0.39, 0.29) is 0 Å². The van der Waals surface area contributed by atoms with E-state index in [0.717, 1.165) is 25.7 Å². The highest BCUT2D eigenvalue weighted by atomic mass is 32.1. The molecule has 1 aromatic heterocycles. The molecule has 0 unspecified atom stereocenters. The maximum atomic E-state index is 2.41. The molecule has 0 spiro atoms. The van der Waals surface area contributed by atoms with Crippen LogP contribution >= 0.6 is 11.3 Å². The minimum atomic E-state index is 1.06. The highest BCUT2D eigenvalue weighted by Gasteiger charge is 2.18. The van der Waals surface area contributed by atoms with Crippen LogP contribution in [0.4, 0.5) is 0 Å². The van der Waals surface area contributed by atoms with Gasteiger partial charge in [0.1, 0.15) is 0 Å². The zero-order chi connectivity index (χ0) is 32.1. The molecule has 11 rings (SSSR count). The third-order valence-corrected chi connectivity index (χ3v) is 12.4. The molecule has 0 bridgehead atoms. The summed E-state index contributed by atoms with van der Waals surface area (Å²) in [5.41, 5.74) is 9.62. The van der Waals surface area contributed by atoms with Crippen LogP contribution in [0, 0.1) is 0 Å². The summed E-state index contributed by atoms with van der Waals surface area (Å²) in [6.45, 7) is 0. The van der Waals surface area contributed by atoms with Crippen LogP contribution in [0.2, 0.25) is 0 Å². The molecular weight excluding hydrogens is 609 g/mol. The molecule has 2 aliphatic rings. The SMILES string of the molecule is C1=C(c2ccc(-c3ccc(-c4ccc5ccc6c7c(ccc4c57)=CCC6)cc3)s2)CCC(c2ccc3ccc4cccc5ccc2c3c45)=C1. The van der Waals surface area contributed by atoms with Crippen LogP contribution in [0.25, 0.3) is 92.7 Å². The van der Waals surface area contributed by atoms with Crippen molar-refractivity contribution in [2.45, 2.75) is 25.7 Å². The Balaban J connectivity index is 0.905. The van der Waals surface area contributed by atoms with Crippen molar-refractivity contribution in [2.75, 3.05) is 0 Å². The first-order chi connectivity index (χ1) is 24.3. The number of benzene rings is 8. The lowest BCUT2D eigenvalue weighted by Gasteiger charge is -2.18. The fourth-order valence-electron chi connectivity index (χ4n) is 8.82. The van der Waals surface area contributed by atoms with Gasteiger partial charge in [0.2, 0.25) is 0 Å². The fourth-order valence-corrected chi connectivity index (χ4v) is 9.89. The van der Waals surface area contributed by atoms with Crippen LogP contribution in [0.1, 0.15) is 35.3 Å². The van der Waals surface area contributed by atoms with E-state index < -0.39 is 0 Å². The summed E-state index contributed by atoms with van der Waals surface area (Å²) in [7, 11) is 0. The summed E-state index contributed by atoms with van der Waals surface area (Å²) >= 11 is 1.92.